The lowest BCUT2D eigenvalue weighted by molar-refractivity contribution is -0.133. The zero-order valence-electron chi connectivity index (χ0n) is 22.8. The van der Waals surface area contributed by atoms with Crippen molar-refractivity contribution in [3.8, 4) is 11.3 Å². The molecule has 0 aliphatic carbocycles. The Hall–Kier alpha value is -3.19. The molecule has 0 bridgehead atoms. The summed E-state index contributed by atoms with van der Waals surface area (Å²) >= 11 is 0. The van der Waals surface area contributed by atoms with Crippen LogP contribution in [0.5, 0.6) is 0 Å². The van der Waals surface area contributed by atoms with E-state index in [2.05, 4.69) is 60.4 Å². The molecule has 1 N–H and O–H groups in total. The van der Waals surface area contributed by atoms with E-state index in [-0.39, 0.29) is 17.1 Å². The number of nitrogens with one attached hydrogen (secondary N) is 1. The lowest BCUT2D eigenvalue weighted by atomic mass is 9.81. The first-order valence-electron chi connectivity index (χ1n) is 13.8. The van der Waals surface area contributed by atoms with E-state index >= 15 is 0 Å². The summed E-state index contributed by atoms with van der Waals surface area (Å²) in [6, 6.07) is 17.2. The molecular formula is C31H39FN4O2. The highest BCUT2D eigenvalue weighted by Crippen LogP contribution is 2.30. The summed E-state index contributed by atoms with van der Waals surface area (Å²) in [5.74, 6) is 1.46. The average Bonchev–Trinajstić information content (AvgIpc) is 3.38. The van der Waals surface area contributed by atoms with Crippen LogP contribution in [-0.4, -0.2) is 55.2 Å². The third kappa shape index (κ3) is 6.26. The fourth-order valence-corrected chi connectivity index (χ4v) is 5.65. The molecular weight excluding hydrogens is 479 g/mol. The van der Waals surface area contributed by atoms with Crippen molar-refractivity contribution >= 4 is 11.6 Å². The molecule has 2 unspecified atom stereocenters. The van der Waals surface area contributed by atoms with Crippen LogP contribution in [0.15, 0.2) is 59.1 Å². The second-order valence-electron chi connectivity index (χ2n) is 11.8. The molecule has 2 aliphatic rings. The molecule has 7 heteroatoms. The first-order chi connectivity index (χ1) is 18.3. The number of nitrogens with zero attached hydrogens (tertiary/aromatic N) is 3. The van der Waals surface area contributed by atoms with Crippen LogP contribution in [0.4, 0.5) is 10.1 Å². The number of hydrogen-bond donors (Lipinski definition) is 1. The van der Waals surface area contributed by atoms with Gasteiger partial charge in [-0.15, -0.1) is 0 Å². The largest absolute Gasteiger partial charge is 0.368 e. The van der Waals surface area contributed by atoms with Crippen molar-refractivity contribution in [2.75, 3.05) is 44.2 Å². The number of carbonyl (C=O) groups is 1. The molecule has 0 spiro atoms. The number of piperazine rings is 1. The zero-order chi connectivity index (χ0) is 26.7. The first-order valence-corrected chi connectivity index (χ1v) is 13.8. The Morgan fingerprint density at radius 2 is 1.74 bits per heavy atom. The maximum atomic E-state index is 13.3. The van der Waals surface area contributed by atoms with Gasteiger partial charge in [-0.05, 0) is 73.0 Å². The van der Waals surface area contributed by atoms with Crippen LogP contribution >= 0.6 is 0 Å². The molecule has 2 aromatic carbocycles. The summed E-state index contributed by atoms with van der Waals surface area (Å²) < 4.78 is 19.0. The summed E-state index contributed by atoms with van der Waals surface area (Å²) in [5, 5.41) is 7.88. The van der Waals surface area contributed by atoms with E-state index in [1.54, 1.807) is 0 Å². The van der Waals surface area contributed by atoms with Crippen LogP contribution in [0.2, 0.25) is 0 Å². The van der Waals surface area contributed by atoms with Crippen molar-refractivity contribution in [1.82, 2.24) is 15.4 Å². The second kappa shape index (κ2) is 11.3. The lowest BCUT2D eigenvalue weighted by Crippen LogP contribution is -2.50. The van der Waals surface area contributed by atoms with Crippen LogP contribution in [0.3, 0.4) is 0 Å². The Morgan fingerprint density at radius 1 is 1.03 bits per heavy atom. The predicted octanol–water partition coefficient (Wildman–Crippen LogP) is 5.29. The van der Waals surface area contributed by atoms with E-state index < -0.39 is 0 Å². The number of benzene rings is 2. The number of aromatic nitrogens is 1. The molecule has 3 heterocycles. The summed E-state index contributed by atoms with van der Waals surface area (Å²) in [5.41, 5.74) is 4.39. The Kier molecular flexibility index (Phi) is 7.84. The molecule has 1 amide bonds. The van der Waals surface area contributed by atoms with Crippen molar-refractivity contribution in [3.05, 3.63) is 71.7 Å². The number of piperidine rings is 1. The van der Waals surface area contributed by atoms with E-state index in [1.165, 1.54) is 17.7 Å². The van der Waals surface area contributed by atoms with E-state index in [4.69, 9.17) is 4.52 Å². The van der Waals surface area contributed by atoms with Gasteiger partial charge in [0.2, 0.25) is 5.91 Å². The average molecular weight is 519 g/mol. The molecule has 1 aromatic heterocycles. The van der Waals surface area contributed by atoms with Gasteiger partial charge in [-0.1, -0.05) is 50.2 Å². The van der Waals surface area contributed by atoms with Gasteiger partial charge in [0.1, 0.15) is 5.82 Å². The van der Waals surface area contributed by atoms with Gasteiger partial charge < -0.3 is 19.6 Å². The molecule has 5 rings (SSSR count). The summed E-state index contributed by atoms with van der Waals surface area (Å²) in [6.07, 6.45) is 2.36. The SMILES string of the molecule is CC(C)(C)c1ccc(-c2cc(CC3CNCCC3CC(=O)N3CCN(c4ccc(F)cc4)CC3)no2)cc1. The van der Waals surface area contributed by atoms with Gasteiger partial charge in [-0.3, -0.25) is 4.79 Å². The Morgan fingerprint density at radius 3 is 2.42 bits per heavy atom. The minimum Gasteiger partial charge on any atom is -0.368 e. The summed E-state index contributed by atoms with van der Waals surface area (Å²) in [4.78, 5) is 17.5. The normalized spacial score (nSPS) is 20.5. The maximum absolute atomic E-state index is 13.3. The Labute approximate surface area is 225 Å². The van der Waals surface area contributed by atoms with Gasteiger partial charge in [0.25, 0.3) is 0 Å². The third-order valence-corrected chi connectivity index (χ3v) is 8.09. The highest BCUT2D eigenvalue weighted by atomic mass is 19.1. The number of hydrogen-bond acceptors (Lipinski definition) is 5. The van der Waals surface area contributed by atoms with E-state index in [0.29, 0.717) is 31.3 Å². The lowest BCUT2D eigenvalue weighted by Gasteiger charge is -2.38. The molecule has 2 fully saturated rings. The van der Waals surface area contributed by atoms with Crippen molar-refractivity contribution < 1.29 is 13.7 Å². The molecule has 6 nitrogen and oxygen atoms in total. The van der Waals surface area contributed by atoms with E-state index in [1.807, 2.05) is 23.1 Å². The first kappa shape index (κ1) is 26.4. The number of carbonyl (C=O) groups excluding carboxylic acids is 1. The third-order valence-electron chi connectivity index (χ3n) is 8.09. The van der Waals surface area contributed by atoms with Gasteiger partial charge in [0.05, 0.1) is 5.69 Å². The molecule has 2 aliphatic heterocycles. The van der Waals surface area contributed by atoms with Crippen molar-refractivity contribution in [2.24, 2.45) is 11.8 Å². The fraction of sp³-hybridized carbons (Fsp3) is 0.484. The van der Waals surface area contributed by atoms with Gasteiger partial charge in [0, 0.05) is 49.9 Å². The van der Waals surface area contributed by atoms with E-state index in [9.17, 15) is 9.18 Å². The molecule has 0 radical (unpaired) electrons. The van der Waals surface area contributed by atoms with Gasteiger partial charge in [-0.25, -0.2) is 4.39 Å². The van der Waals surface area contributed by atoms with Gasteiger partial charge >= 0.3 is 0 Å². The Bertz CT molecular complexity index is 1210. The number of amides is 1. The smallest absolute Gasteiger partial charge is 0.222 e. The van der Waals surface area contributed by atoms with Crippen LogP contribution in [0, 0.1) is 17.7 Å². The zero-order valence-corrected chi connectivity index (χ0v) is 22.8. The Balaban J connectivity index is 1.16. The van der Waals surface area contributed by atoms with Crippen LogP contribution in [0.25, 0.3) is 11.3 Å². The topological polar surface area (TPSA) is 61.6 Å². The van der Waals surface area contributed by atoms with Crippen LogP contribution in [0.1, 0.15) is 44.9 Å². The molecule has 0 saturated carbocycles. The number of halogens is 1. The van der Waals surface area contributed by atoms with Crippen molar-refractivity contribution in [2.45, 2.75) is 45.4 Å². The van der Waals surface area contributed by atoms with Crippen molar-refractivity contribution in [1.29, 1.82) is 0 Å². The molecule has 2 saturated heterocycles. The van der Waals surface area contributed by atoms with Crippen molar-refractivity contribution in [3.63, 3.8) is 0 Å². The molecule has 38 heavy (non-hydrogen) atoms. The van der Waals surface area contributed by atoms with Gasteiger partial charge in [-0.2, -0.15) is 0 Å². The predicted molar refractivity (Wildman–Crippen MR) is 149 cm³/mol. The summed E-state index contributed by atoms with van der Waals surface area (Å²) in [7, 11) is 0. The fourth-order valence-electron chi connectivity index (χ4n) is 5.65. The minimum atomic E-state index is -0.226. The molecule has 202 valence electrons. The standard InChI is InChI=1S/C31H39FN4O2/c1-31(2,3)25-6-4-22(5-7-25)29-20-27(34-38-29)18-24-21-33-13-12-23(24)19-30(37)36-16-14-35(15-17-36)28-10-8-26(32)9-11-28/h4-11,20,23-24,33H,12-19,21H2,1-3H3. The molecule has 3 aromatic rings. The summed E-state index contributed by atoms with van der Waals surface area (Å²) in [6.45, 7) is 11.4. The second-order valence-corrected chi connectivity index (χ2v) is 11.8. The quantitative estimate of drug-likeness (QED) is 0.481. The molecule has 2 atom stereocenters. The van der Waals surface area contributed by atoms with Gasteiger partial charge in [0.15, 0.2) is 5.76 Å². The highest BCUT2D eigenvalue weighted by Gasteiger charge is 2.31. The monoisotopic (exact) mass is 518 g/mol. The number of rotatable bonds is 6. The highest BCUT2D eigenvalue weighted by molar-refractivity contribution is 5.77. The number of anilines is 1. The minimum absolute atomic E-state index is 0.113. The van der Waals surface area contributed by atoms with Crippen LogP contribution < -0.4 is 10.2 Å². The van der Waals surface area contributed by atoms with Crippen LogP contribution in [-0.2, 0) is 16.6 Å². The maximum Gasteiger partial charge on any atom is 0.222 e. The van der Waals surface area contributed by atoms with E-state index in [0.717, 1.165) is 61.7 Å².